The molecular weight excluding hydrogens is 372 g/mol. The summed E-state index contributed by atoms with van der Waals surface area (Å²) in [6.07, 6.45) is 2.05. The van der Waals surface area contributed by atoms with Gasteiger partial charge in [-0.15, -0.1) is 0 Å². The Morgan fingerprint density at radius 1 is 1.22 bits per heavy atom. The lowest BCUT2D eigenvalue weighted by Crippen LogP contribution is -2.24. The fourth-order valence-corrected chi connectivity index (χ4v) is 3.06. The van der Waals surface area contributed by atoms with Crippen LogP contribution in [0.4, 0.5) is 11.5 Å². The van der Waals surface area contributed by atoms with Crippen molar-refractivity contribution in [2.75, 3.05) is 11.1 Å². The van der Waals surface area contributed by atoms with Gasteiger partial charge < -0.3 is 11.1 Å². The smallest absolute Gasteiger partial charge is 0.262 e. The lowest BCUT2D eigenvalue weighted by Gasteiger charge is -2.14. The van der Waals surface area contributed by atoms with E-state index in [1.807, 2.05) is 6.92 Å². The molecular formula is C18H17ClN4O4. The van der Waals surface area contributed by atoms with Gasteiger partial charge in [-0.3, -0.25) is 29.1 Å². The highest BCUT2D eigenvalue weighted by molar-refractivity contribution is 6.34. The van der Waals surface area contributed by atoms with E-state index in [0.717, 1.165) is 23.5 Å². The Balaban J connectivity index is 1.99. The molecule has 0 bridgehead atoms. The summed E-state index contributed by atoms with van der Waals surface area (Å²) < 4.78 is 1.09. The van der Waals surface area contributed by atoms with Crippen molar-refractivity contribution in [3.63, 3.8) is 0 Å². The van der Waals surface area contributed by atoms with Crippen molar-refractivity contribution in [1.29, 1.82) is 0 Å². The van der Waals surface area contributed by atoms with Gasteiger partial charge in [-0.05, 0) is 24.6 Å². The first kappa shape index (κ1) is 18.7. The SMILES string of the molecule is CCCCC(=O)Nc1ccc(-n2c(N)c3c(cc2=O)C(=O)NC3=O)cc1Cl. The molecule has 0 saturated carbocycles. The minimum Gasteiger partial charge on any atom is -0.384 e. The number of nitrogens with one attached hydrogen (secondary N) is 2. The van der Waals surface area contributed by atoms with Crippen LogP contribution in [0.1, 0.15) is 46.9 Å². The van der Waals surface area contributed by atoms with Crippen LogP contribution in [0.15, 0.2) is 29.1 Å². The maximum Gasteiger partial charge on any atom is 0.262 e. The second-order valence-electron chi connectivity index (χ2n) is 6.09. The zero-order chi connectivity index (χ0) is 19.7. The van der Waals surface area contributed by atoms with E-state index < -0.39 is 17.4 Å². The van der Waals surface area contributed by atoms with Gasteiger partial charge in [-0.1, -0.05) is 24.9 Å². The summed E-state index contributed by atoms with van der Waals surface area (Å²) in [7, 11) is 0. The summed E-state index contributed by atoms with van der Waals surface area (Å²) >= 11 is 6.23. The number of fused-ring (bicyclic) bond motifs is 1. The van der Waals surface area contributed by atoms with E-state index in [1.54, 1.807) is 12.1 Å². The van der Waals surface area contributed by atoms with Crippen molar-refractivity contribution in [1.82, 2.24) is 9.88 Å². The van der Waals surface area contributed by atoms with Crippen LogP contribution in [0.3, 0.4) is 0 Å². The van der Waals surface area contributed by atoms with Crippen molar-refractivity contribution in [3.05, 3.63) is 50.8 Å². The van der Waals surface area contributed by atoms with Crippen LogP contribution in [0.5, 0.6) is 0 Å². The highest BCUT2D eigenvalue weighted by atomic mass is 35.5. The topological polar surface area (TPSA) is 123 Å². The van der Waals surface area contributed by atoms with E-state index in [9.17, 15) is 19.2 Å². The number of anilines is 2. The number of rotatable bonds is 5. The van der Waals surface area contributed by atoms with E-state index >= 15 is 0 Å². The molecule has 0 aliphatic carbocycles. The quantitative estimate of drug-likeness (QED) is 0.676. The van der Waals surface area contributed by atoms with Crippen molar-refractivity contribution >= 4 is 40.8 Å². The molecule has 0 fully saturated rings. The summed E-state index contributed by atoms with van der Waals surface area (Å²) in [6.45, 7) is 1.99. The van der Waals surface area contributed by atoms with Crippen LogP contribution >= 0.6 is 11.6 Å². The van der Waals surface area contributed by atoms with Crippen LogP contribution in [0, 0.1) is 0 Å². The molecule has 1 aromatic heterocycles. The first-order valence-corrected chi connectivity index (χ1v) is 8.72. The van der Waals surface area contributed by atoms with Gasteiger partial charge in [-0.2, -0.15) is 0 Å². The van der Waals surface area contributed by atoms with Gasteiger partial charge in [0.05, 0.1) is 27.5 Å². The molecule has 0 atom stereocenters. The standard InChI is InChI=1S/C18H17ClN4O4/c1-2-3-4-13(24)21-12-6-5-9(7-11(12)19)23-14(25)8-10-15(16(23)20)18(27)22-17(10)26/h5-8H,2-4,20H2,1H3,(H,21,24)(H,22,26,27). The van der Waals surface area contributed by atoms with Crippen LogP contribution in [0.2, 0.25) is 5.02 Å². The highest BCUT2D eigenvalue weighted by Gasteiger charge is 2.31. The molecule has 1 aliphatic heterocycles. The molecule has 0 spiro atoms. The lowest BCUT2D eigenvalue weighted by atomic mass is 10.1. The van der Waals surface area contributed by atoms with Gasteiger partial charge in [0.2, 0.25) is 5.91 Å². The van der Waals surface area contributed by atoms with E-state index in [-0.39, 0.29) is 27.9 Å². The van der Waals surface area contributed by atoms with Gasteiger partial charge in [0.15, 0.2) is 0 Å². The Hall–Kier alpha value is -3.13. The van der Waals surface area contributed by atoms with Crippen molar-refractivity contribution in [2.24, 2.45) is 0 Å². The number of amides is 3. The maximum atomic E-state index is 12.4. The maximum absolute atomic E-state index is 12.4. The minimum atomic E-state index is -0.660. The molecule has 4 N–H and O–H groups in total. The summed E-state index contributed by atoms with van der Waals surface area (Å²) in [4.78, 5) is 47.9. The third-order valence-electron chi connectivity index (χ3n) is 4.20. The lowest BCUT2D eigenvalue weighted by molar-refractivity contribution is -0.116. The Kier molecular flexibility index (Phi) is 5.00. The van der Waals surface area contributed by atoms with Crippen molar-refractivity contribution < 1.29 is 14.4 Å². The van der Waals surface area contributed by atoms with Crippen LogP contribution < -0.4 is 21.9 Å². The molecule has 140 valence electrons. The monoisotopic (exact) mass is 388 g/mol. The summed E-state index contributed by atoms with van der Waals surface area (Å²) in [5.74, 6) is -1.63. The fourth-order valence-electron chi connectivity index (χ4n) is 2.84. The average Bonchev–Trinajstić information content (AvgIpc) is 2.89. The number of nitrogens with two attached hydrogens (primary N) is 1. The molecule has 0 unspecified atom stereocenters. The normalized spacial score (nSPS) is 12.7. The Bertz CT molecular complexity index is 1030. The highest BCUT2D eigenvalue weighted by Crippen LogP contribution is 2.28. The number of halogens is 1. The first-order chi connectivity index (χ1) is 12.8. The second-order valence-corrected chi connectivity index (χ2v) is 6.50. The van der Waals surface area contributed by atoms with E-state index in [0.29, 0.717) is 17.8 Å². The van der Waals surface area contributed by atoms with Gasteiger partial charge in [-0.25, -0.2) is 0 Å². The fraction of sp³-hybridized carbons (Fsp3) is 0.222. The third-order valence-corrected chi connectivity index (χ3v) is 4.51. The number of hydrogen-bond donors (Lipinski definition) is 3. The Morgan fingerprint density at radius 3 is 2.63 bits per heavy atom. The summed E-state index contributed by atoms with van der Waals surface area (Å²) in [6, 6.07) is 5.60. The zero-order valence-corrected chi connectivity index (χ0v) is 15.2. The number of pyridine rings is 1. The third kappa shape index (κ3) is 3.43. The number of carbonyl (C=O) groups excluding carboxylic acids is 3. The number of hydrogen-bond acceptors (Lipinski definition) is 5. The van der Waals surface area contributed by atoms with Gasteiger partial charge in [0.1, 0.15) is 5.82 Å². The largest absolute Gasteiger partial charge is 0.384 e. The number of aromatic nitrogens is 1. The minimum absolute atomic E-state index is 0.0485. The van der Waals surface area contributed by atoms with E-state index in [2.05, 4.69) is 10.6 Å². The Morgan fingerprint density at radius 2 is 1.96 bits per heavy atom. The molecule has 9 heteroatoms. The van der Waals surface area contributed by atoms with Crippen molar-refractivity contribution in [3.8, 4) is 5.69 Å². The number of carbonyl (C=O) groups is 3. The molecule has 3 rings (SSSR count). The van der Waals surface area contributed by atoms with Crippen LogP contribution in [0.25, 0.3) is 5.69 Å². The zero-order valence-electron chi connectivity index (χ0n) is 14.5. The van der Waals surface area contributed by atoms with Crippen molar-refractivity contribution in [2.45, 2.75) is 26.2 Å². The summed E-state index contributed by atoms with van der Waals surface area (Å²) in [5, 5.41) is 5.03. The average molecular weight is 389 g/mol. The first-order valence-electron chi connectivity index (χ1n) is 8.34. The number of benzene rings is 1. The molecule has 1 aromatic carbocycles. The van der Waals surface area contributed by atoms with E-state index in [4.69, 9.17) is 17.3 Å². The number of unbranched alkanes of at least 4 members (excludes halogenated alkanes) is 1. The second kappa shape index (κ2) is 7.24. The molecule has 8 nitrogen and oxygen atoms in total. The number of imide groups is 1. The van der Waals surface area contributed by atoms with Crippen LogP contribution in [-0.2, 0) is 4.79 Å². The molecule has 2 heterocycles. The van der Waals surface area contributed by atoms with Crippen LogP contribution in [-0.4, -0.2) is 22.3 Å². The molecule has 1 aliphatic rings. The van der Waals surface area contributed by atoms with E-state index in [1.165, 1.54) is 6.07 Å². The molecule has 3 amide bonds. The predicted octanol–water partition coefficient (Wildman–Crippen LogP) is 2.09. The number of nitrogens with zero attached hydrogens (tertiary/aromatic N) is 1. The van der Waals surface area contributed by atoms with Gasteiger partial charge in [0.25, 0.3) is 17.4 Å². The molecule has 0 saturated heterocycles. The number of nitrogen functional groups attached to an aromatic ring is 1. The molecule has 0 radical (unpaired) electrons. The van der Waals surface area contributed by atoms with Gasteiger partial charge in [0, 0.05) is 12.5 Å². The molecule has 2 aromatic rings. The van der Waals surface area contributed by atoms with Gasteiger partial charge >= 0.3 is 0 Å². The Labute approximate surface area is 159 Å². The molecule has 27 heavy (non-hydrogen) atoms. The predicted molar refractivity (Wildman–Crippen MR) is 101 cm³/mol. The summed E-state index contributed by atoms with van der Waals surface area (Å²) in [5.41, 5.74) is 6.02.